The van der Waals surface area contributed by atoms with Crippen molar-refractivity contribution in [3.8, 4) is 5.75 Å². The summed E-state index contributed by atoms with van der Waals surface area (Å²) in [6.07, 6.45) is 7.16. The van der Waals surface area contributed by atoms with Gasteiger partial charge in [-0.15, -0.1) is 12.4 Å². The van der Waals surface area contributed by atoms with Crippen molar-refractivity contribution in [3.05, 3.63) is 24.3 Å². The summed E-state index contributed by atoms with van der Waals surface area (Å²) in [5.41, 5.74) is 6.23. The third-order valence-electron chi connectivity index (χ3n) is 4.46. The number of nitrogens with two attached hydrogens (primary N) is 1. The van der Waals surface area contributed by atoms with Gasteiger partial charge in [0, 0.05) is 18.2 Å². The minimum atomic E-state index is 0. The Kier molecular flexibility index (Phi) is 9.03. The Morgan fingerprint density at radius 2 is 1.96 bits per heavy atom. The Labute approximate surface area is 145 Å². The van der Waals surface area contributed by atoms with Gasteiger partial charge in [-0.25, -0.2) is 0 Å². The number of nitrogens with one attached hydrogen (secondary N) is 1. The molecule has 0 heterocycles. The second-order valence-electron chi connectivity index (χ2n) is 6.14. The van der Waals surface area contributed by atoms with Gasteiger partial charge in [0.15, 0.2) is 0 Å². The van der Waals surface area contributed by atoms with Crippen LogP contribution in [0.2, 0.25) is 0 Å². The van der Waals surface area contributed by atoms with Crippen molar-refractivity contribution < 1.29 is 9.53 Å². The van der Waals surface area contributed by atoms with Crippen molar-refractivity contribution >= 4 is 24.0 Å². The lowest BCUT2D eigenvalue weighted by atomic mass is 9.91. The van der Waals surface area contributed by atoms with Crippen LogP contribution in [0.1, 0.15) is 45.4 Å². The first-order valence-electron chi connectivity index (χ1n) is 8.46. The third kappa shape index (κ3) is 6.40. The highest BCUT2D eigenvalue weighted by Gasteiger charge is 2.23. The van der Waals surface area contributed by atoms with E-state index in [1.165, 1.54) is 25.7 Å². The lowest BCUT2D eigenvalue weighted by molar-refractivity contribution is -0.120. The van der Waals surface area contributed by atoms with Crippen molar-refractivity contribution in [2.45, 2.75) is 45.4 Å². The smallest absolute Gasteiger partial charge is 0.227 e. The van der Waals surface area contributed by atoms with Crippen LogP contribution in [0.3, 0.4) is 0 Å². The molecule has 0 spiro atoms. The molecule has 0 aliphatic heterocycles. The molecule has 1 aliphatic rings. The van der Waals surface area contributed by atoms with E-state index in [0.717, 1.165) is 30.2 Å². The van der Waals surface area contributed by atoms with E-state index in [4.69, 9.17) is 10.5 Å². The van der Waals surface area contributed by atoms with Crippen molar-refractivity contribution in [2.24, 2.45) is 17.6 Å². The number of halogens is 1. The summed E-state index contributed by atoms with van der Waals surface area (Å²) < 4.78 is 5.43. The molecule has 1 saturated carbocycles. The number of ether oxygens (including phenoxy) is 1. The summed E-state index contributed by atoms with van der Waals surface area (Å²) in [7, 11) is 0. The van der Waals surface area contributed by atoms with Gasteiger partial charge in [0.05, 0.1) is 0 Å². The highest BCUT2D eigenvalue weighted by atomic mass is 35.5. The Hall–Kier alpha value is -1.26. The third-order valence-corrected chi connectivity index (χ3v) is 4.46. The van der Waals surface area contributed by atoms with Crippen LogP contribution in [-0.4, -0.2) is 19.1 Å². The second-order valence-corrected chi connectivity index (χ2v) is 6.14. The molecule has 1 atom stereocenters. The molecule has 0 aromatic heterocycles. The number of hydrogen-bond donors (Lipinski definition) is 2. The van der Waals surface area contributed by atoms with Gasteiger partial charge in [-0.3, -0.25) is 4.79 Å². The van der Waals surface area contributed by atoms with Gasteiger partial charge in [0.2, 0.25) is 5.91 Å². The average Bonchev–Trinajstić information content (AvgIpc) is 3.05. The minimum Gasteiger partial charge on any atom is -0.492 e. The molecule has 1 fully saturated rings. The first-order chi connectivity index (χ1) is 10.7. The van der Waals surface area contributed by atoms with Crippen LogP contribution in [0.25, 0.3) is 0 Å². The molecule has 130 valence electrons. The highest BCUT2D eigenvalue weighted by molar-refractivity contribution is 5.92. The maximum Gasteiger partial charge on any atom is 0.227 e. The minimum absolute atomic E-state index is 0. The largest absolute Gasteiger partial charge is 0.492 e. The van der Waals surface area contributed by atoms with E-state index in [1.54, 1.807) is 0 Å². The van der Waals surface area contributed by atoms with Crippen LogP contribution in [0, 0.1) is 11.8 Å². The van der Waals surface area contributed by atoms with Crippen molar-refractivity contribution in [3.63, 3.8) is 0 Å². The predicted octanol–water partition coefficient (Wildman–Crippen LogP) is 3.99. The molecule has 1 amide bonds. The quantitative estimate of drug-likeness (QED) is 0.752. The standard InChI is InChI=1S/C18H28N2O2.ClH/c1-2-15(13-14-5-3-4-6-14)18(21)20-16-7-9-17(10-8-16)22-12-11-19;/h7-10,14-15H,2-6,11-13,19H2,1H3,(H,20,21);1H. The normalized spacial score (nSPS) is 15.7. The summed E-state index contributed by atoms with van der Waals surface area (Å²) in [4.78, 5) is 12.4. The van der Waals surface area contributed by atoms with E-state index >= 15 is 0 Å². The predicted molar refractivity (Wildman–Crippen MR) is 97.2 cm³/mol. The molecule has 1 unspecified atom stereocenters. The molecule has 1 aliphatic carbocycles. The number of benzene rings is 1. The Bertz CT molecular complexity index is 459. The SMILES string of the molecule is CCC(CC1CCCC1)C(=O)Nc1ccc(OCCN)cc1.Cl. The van der Waals surface area contributed by atoms with Gasteiger partial charge in [-0.1, -0.05) is 32.6 Å². The van der Waals surface area contributed by atoms with E-state index in [2.05, 4.69) is 12.2 Å². The fourth-order valence-corrected chi connectivity index (χ4v) is 3.16. The fraction of sp³-hybridized carbons (Fsp3) is 0.611. The Morgan fingerprint density at radius 1 is 1.30 bits per heavy atom. The summed E-state index contributed by atoms with van der Waals surface area (Å²) >= 11 is 0. The fourth-order valence-electron chi connectivity index (χ4n) is 3.16. The summed E-state index contributed by atoms with van der Waals surface area (Å²) in [5, 5.41) is 3.03. The van der Waals surface area contributed by atoms with Gasteiger partial charge in [-0.05, 0) is 43.0 Å². The zero-order valence-electron chi connectivity index (χ0n) is 13.9. The van der Waals surface area contributed by atoms with Crippen LogP contribution in [0.4, 0.5) is 5.69 Å². The number of carbonyl (C=O) groups is 1. The zero-order valence-corrected chi connectivity index (χ0v) is 14.7. The van der Waals surface area contributed by atoms with Gasteiger partial charge in [0.1, 0.15) is 12.4 Å². The first kappa shape index (κ1) is 19.8. The number of anilines is 1. The van der Waals surface area contributed by atoms with Crippen LogP contribution < -0.4 is 15.8 Å². The van der Waals surface area contributed by atoms with Gasteiger partial charge in [0.25, 0.3) is 0 Å². The second kappa shape index (κ2) is 10.5. The van der Waals surface area contributed by atoms with Crippen molar-refractivity contribution in [1.82, 2.24) is 0 Å². The molecule has 0 bridgehead atoms. The van der Waals surface area contributed by atoms with Crippen LogP contribution in [0.15, 0.2) is 24.3 Å². The van der Waals surface area contributed by atoms with E-state index < -0.39 is 0 Å². The maximum atomic E-state index is 12.4. The molecule has 23 heavy (non-hydrogen) atoms. The average molecular weight is 341 g/mol. The molecule has 0 radical (unpaired) electrons. The molecular weight excluding hydrogens is 312 g/mol. The topological polar surface area (TPSA) is 64.3 Å². The molecule has 0 saturated heterocycles. The molecule has 2 rings (SSSR count). The molecule has 1 aromatic carbocycles. The van der Waals surface area contributed by atoms with Crippen molar-refractivity contribution in [2.75, 3.05) is 18.5 Å². The van der Waals surface area contributed by atoms with Crippen LogP contribution >= 0.6 is 12.4 Å². The van der Waals surface area contributed by atoms with Crippen LogP contribution in [0.5, 0.6) is 5.75 Å². The van der Waals surface area contributed by atoms with Gasteiger partial charge in [-0.2, -0.15) is 0 Å². The Morgan fingerprint density at radius 3 is 2.52 bits per heavy atom. The molecule has 4 nitrogen and oxygen atoms in total. The Balaban J connectivity index is 0.00000264. The highest BCUT2D eigenvalue weighted by Crippen LogP contribution is 2.31. The molecule has 5 heteroatoms. The first-order valence-corrected chi connectivity index (χ1v) is 8.46. The number of hydrogen-bond acceptors (Lipinski definition) is 3. The summed E-state index contributed by atoms with van der Waals surface area (Å²) in [5.74, 6) is 1.78. The number of amides is 1. The van der Waals surface area contributed by atoms with Crippen molar-refractivity contribution in [1.29, 1.82) is 0 Å². The molecular formula is C18H29ClN2O2. The summed E-state index contributed by atoms with van der Waals surface area (Å²) in [6, 6.07) is 7.49. The summed E-state index contributed by atoms with van der Waals surface area (Å²) in [6.45, 7) is 3.10. The van der Waals surface area contributed by atoms with Crippen LogP contribution in [-0.2, 0) is 4.79 Å². The van der Waals surface area contributed by atoms with E-state index in [1.807, 2.05) is 24.3 Å². The molecule has 3 N–H and O–H groups in total. The monoisotopic (exact) mass is 340 g/mol. The number of carbonyl (C=O) groups excluding carboxylic acids is 1. The van der Waals surface area contributed by atoms with E-state index in [0.29, 0.717) is 13.2 Å². The van der Waals surface area contributed by atoms with Gasteiger partial charge >= 0.3 is 0 Å². The van der Waals surface area contributed by atoms with Gasteiger partial charge < -0.3 is 15.8 Å². The maximum absolute atomic E-state index is 12.4. The zero-order chi connectivity index (χ0) is 15.8. The lowest BCUT2D eigenvalue weighted by Crippen LogP contribution is -2.24. The lowest BCUT2D eigenvalue weighted by Gasteiger charge is -2.18. The molecule has 1 aromatic rings. The number of rotatable bonds is 8. The van der Waals surface area contributed by atoms with E-state index in [-0.39, 0.29) is 24.2 Å². The van der Waals surface area contributed by atoms with E-state index in [9.17, 15) is 4.79 Å².